The molecule has 0 fully saturated rings. The highest BCUT2D eigenvalue weighted by Crippen LogP contribution is 2.17. The second kappa shape index (κ2) is 5.80. The van der Waals surface area contributed by atoms with E-state index in [1.807, 2.05) is 24.3 Å². The van der Waals surface area contributed by atoms with Gasteiger partial charge in [0, 0.05) is 13.5 Å². The molecule has 2 aromatic rings. The molecule has 0 amide bonds. The summed E-state index contributed by atoms with van der Waals surface area (Å²) in [6.07, 6.45) is 4.79. The molecule has 18 heavy (non-hydrogen) atoms. The number of benzene rings is 1. The maximum atomic E-state index is 11.6. The number of hydrogen-bond acceptors (Lipinski definition) is 2. The maximum absolute atomic E-state index is 11.6. The van der Waals surface area contributed by atoms with Crippen molar-refractivity contribution in [3.05, 3.63) is 30.1 Å². The van der Waals surface area contributed by atoms with Gasteiger partial charge >= 0.3 is 0 Å². The van der Waals surface area contributed by atoms with Crippen LogP contribution in [0.4, 0.5) is 0 Å². The molecule has 1 heterocycles. The smallest absolute Gasteiger partial charge is 0.195 e. The topological polar surface area (TPSA) is 34.9 Å². The minimum Gasteiger partial charge on any atom is -0.322 e. The summed E-state index contributed by atoms with van der Waals surface area (Å²) in [5, 5.41) is 0. The molecule has 2 rings (SSSR count). The van der Waals surface area contributed by atoms with Gasteiger partial charge < -0.3 is 4.57 Å². The molecule has 0 saturated heterocycles. The third-order valence-corrected chi connectivity index (χ3v) is 3.20. The number of para-hydroxylation sites is 2. The van der Waals surface area contributed by atoms with Crippen LogP contribution < -0.4 is 0 Å². The highest BCUT2D eigenvalue weighted by molar-refractivity contribution is 5.94. The fourth-order valence-corrected chi connectivity index (χ4v) is 2.27. The highest BCUT2D eigenvalue weighted by atomic mass is 16.1. The van der Waals surface area contributed by atoms with E-state index in [0.717, 1.165) is 24.0 Å². The van der Waals surface area contributed by atoms with Gasteiger partial charge in [0.25, 0.3) is 0 Å². The Labute approximate surface area is 108 Å². The molecule has 0 bridgehead atoms. The van der Waals surface area contributed by atoms with Gasteiger partial charge in [-0.05, 0) is 18.6 Å². The molecule has 1 aromatic carbocycles. The molecular weight excluding hydrogens is 224 g/mol. The van der Waals surface area contributed by atoms with E-state index in [1.165, 1.54) is 19.3 Å². The van der Waals surface area contributed by atoms with E-state index in [9.17, 15) is 4.79 Å². The van der Waals surface area contributed by atoms with Crippen LogP contribution in [0, 0.1) is 0 Å². The number of carbonyl (C=O) groups is 1. The third-order valence-electron chi connectivity index (χ3n) is 3.20. The molecule has 0 radical (unpaired) electrons. The summed E-state index contributed by atoms with van der Waals surface area (Å²) < 4.78 is 2.06. The molecule has 0 aliphatic carbocycles. The van der Waals surface area contributed by atoms with Gasteiger partial charge in [0.1, 0.15) is 0 Å². The molecule has 0 saturated carbocycles. The lowest BCUT2D eigenvalue weighted by atomic mass is 10.2. The standard InChI is InChI=1S/C15H20N2O/c1-3-4-5-8-11-17-14-10-7-6-9-13(14)16-15(17)12(2)18/h6-7,9-10H,3-5,8,11H2,1-2H3. The Morgan fingerprint density at radius 3 is 2.72 bits per heavy atom. The van der Waals surface area contributed by atoms with Gasteiger partial charge in [-0.1, -0.05) is 38.3 Å². The molecule has 0 N–H and O–H groups in total. The first-order chi connectivity index (χ1) is 8.74. The molecule has 0 aliphatic heterocycles. The predicted octanol–water partition coefficient (Wildman–Crippen LogP) is 3.82. The Hall–Kier alpha value is -1.64. The van der Waals surface area contributed by atoms with Crippen LogP contribution in [-0.4, -0.2) is 15.3 Å². The van der Waals surface area contributed by atoms with E-state index < -0.39 is 0 Å². The minimum absolute atomic E-state index is 0.0432. The van der Waals surface area contributed by atoms with E-state index in [1.54, 1.807) is 6.92 Å². The van der Waals surface area contributed by atoms with Gasteiger partial charge in [-0.2, -0.15) is 0 Å². The van der Waals surface area contributed by atoms with Crippen LogP contribution in [0.3, 0.4) is 0 Å². The summed E-state index contributed by atoms with van der Waals surface area (Å²) in [5.74, 6) is 0.634. The molecule has 3 nitrogen and oxygen atoms in total. The van der Waals surface area contributed by atoms with Crippen molar-refractivity contribution >= 4 is 16.8 Å². The van der Waals surface area contributed by atoms with Crippen molar-refractivity contribution < 1.29 is 4.79 Å². The van der Waals surface area contributed by atoms with Crippen molar-refractivity contribution in [2.24, 2.45) is 0 Å². The Morgan fingerprint density at radius 1 is 1.22 bits per heavy atom. The molecular formula is C15H20N2O. The molecule has 1 aromatic heterocycles. The summed E-state index contributed by atoms with van der Waals surface area (Å²) in [5.41, 5.74) is 1.98. The molecule has 0 unspecified atom stereocenters. The van der Waals surface area contributed by atoms with Gasteiger partial charge in [0.05, 0.1) is 11.0 Å². The largest absolute Gasteiger partial charge is 0.322 e. The first-order valence-corrected chi connectivity index (χ1v) is 6.70. The van der Waals surface area contributed by atoms with Gasteiger partial charge in [0.15, 0.2) is 11.6 Å². The number of carbonyl (C=O) groups excluding carboxylic acids is 1. The lowest BCUT2D eigenvalue weighted by Gasteiger charge is -2.06. The fraction of sp³-hybridized carbons (Fsp3) is 0.467. The fourth-order valence-electron chi connectivity index (χ4n) is 2.27. The number of aryl methyl sites for hydroxylation is 1. The number of fused-ring (bicyclic) bond motifs is 1. The first-order valence-electron chi connectivity index (χ1n) is 6.70. The van der Waals surface area contributed by atoms with Crippen LogP contribution in [0.2, 0.25) is 0 Å². The molecule has 3 heteroatoms. The predicted molar refractivity (Wildman–Crippen MR) is 73.9 cm³/mol. The van der Waals surface area contributed by atoms with E-state index in [2.05, 4.69) is 16.5 Å². The third kappa shape index (κ3) is 2.61. The summed E-state index contributed by atoms with van der Waals surface area (Å²) in [4.78, 5) is 16.1. The average molecular weight is 244 g/mol. The summed E-state index contributed by atoms with van der Waals surface area (Å²) in [7, 11) is 0. The van der Waals surface area contributed by atoms with Crippen molar-refractivity contribution in [3.8, 4) is 0 Å². The van der Waals surface area contributed by atoms with E-state index in [0.29, 0.717) is 5.82 Å². The van der Waals surface area contributed by atoms with Crippen molar-refractivity contribution in [3.63, 3.8) is 0 Å². The van der Waals surface area contributed by atoms with Gasteiger partial charge in [-0.15, -0.1) is 0 Å². The summed E-state index contributed by atoms with van der Waals surface area (Å²) in [6.45, 7) is 4.67. The van der Waals surface area contributed by atoms with Crippen molar-refractivity contribution in [1.29, 1.82) is 0 Å². The number of rotatable bonds is 6. The van der Waals surface area contributed by atoms with E-state index in [-0.39, 0.29) is 5.78 Å². The zero-order chi connectivity index (χ0) is 13.0. The van der Waals surface area contributed by atoms with Crippen LogP contribution >= 0.6 is 0 Å². The monoisotopic (exact) mass is 244 g/mol. The van der Waals surface area contributed by atoms with Gasteiger partial charge in [-0.3, -0.25) is 4.79 Å². The number of hydrogen-bond donors (Lipinski definition) is 0. The Morgan fingerprint density at radius 2 is 2.00 bits per heavy atom. The number of Topliss-reactive ketones (excluding diaryl/α,β-unsaturated/α-hetero) is 1. The van der Waals surface area contributed by atoms with E-state index in [4.69, 9.17) is 0 Å². The zero-order valence-corrected chi connectivity index (χ0v) is 11.1. The van der Waals surface area contributed by atoms with Crippen LogP contribution in [0.25, 0.3) is 11.0 Å². The Kier molecular flexibility index (Phi) is 4.13. The lowest BCUT2D eigenvalue weighted by Crippen LogP contribution is -2.08. The van der Waals surface area contributed by atoms with Crippen molar-refractivity contribution in [2.45, 2.75) is 46.1 Å². The summed E-state index contributed by atoms with van der Waals surface area (Å²) >= 11 is 0. The second-order valence-corrected chi connectivity index (χ2v) is 4.69. The SMILES string of the molecule is CCCCCCn1c(C(C)=O)nc2ccccc21. The number of unbranched alkanes of at least 4 members (excludes halogenated alkanes) is 3. The minimum atomic E-state index is 0.0432. The molecule has 0 aliphatic rings. The molecule has 0 spiro atoms. The number of nitrogens with zero attached hydrogens (tertiary/aromatic N) is 2. The normalized spacial score (nSPS) is 11.0. The van der Waals surface area contributed by atoms with Crippen molar-refractivity contribution in [1.82, 2.24) is 9.55 Å². The Bertz CT molecular complexity index is 542. The maximum Gasteiger partial charge on any atom is 0.195 e. The Balaban J connectivity index is 2.27. The quantitative estimate of drug-likeness (QED) is 0.572. The molecule has 0 atom stereocenters. The van der Waals surface area contributed by atoms with Crippen LogP contribution in [0.5, 0.6) is 0 Å². The number of imidazole rings is 1. The molecule has 96 valence electrons. The van der Waals surface area contributed by atoms with Crippen molar-refractivity contribution in [2.75, 3.05) is 0 Å². The first kappa shape index (κ1) is 12.8. The lowest BCUT2D eigenvalue weighted by molar-refractivity contribution is 0.0999. The van der Waals surface area contributed by atoms with Gasteiger partial charge in [-0.25, -0.2) is 4.98 Å². The van der Waals surface area contributed by atoms with Gasteiger partial charge in [0.2, 0.25) is 0 Å². The highest BCUT2D eigenvalue weighted by Gasteiger charge is 2.13. The zero-order valence-electron chi connectivity index (χ0n) is 11.1. The second-order valence-electron chi connectivity index (χ2n) is 4.69. The van der Waals surface area contributed by atoms with Crippen LogP contribution in [0.1, 0.15) is 50.1 Å². The summed E-state index contributed by atoms with van der Waals surface area (Å²) in [6, 6.07) is 7.95. The number of ketones is 1. The van der Waals surface area contributed by atoms with Crippen LogP contribution in [0.15, 0.2) is 24.3 Å². The number of aromatic nitrogens is 2. The average Bonchev–Trinajstić information content (AvgIpc) is 2.74. The van der Waals surface area contributed by atoms with Crippen LogP contribution in [-0.2, 0) is 6.54 Å². The van der Waals surface area contributed by atoms with E-state index >= 15 is 0 Å².